The molecule has 1 nitrogen and oxygen atoms in total. The summed E-state index contributed by atoms with van der Waals surface area (Å²) < 4.78 is 0. The normalized spacial score (nSPS) is 14.4. The van der Waals surface area contributed by atoms with Gasteiger partial charge in [0.1, 0.15) is 0 Å². The molecule has 0 unspecified atom stereocenters. The zero-order chi connectivity index (χ0) is 34.3. The maximum atomic E-state index is 2.79. The van der Waals surface area contributed by atoms with Crippen LogP contribution in [0.1, 0.15) is 22.3 Å². The standard InChI is InChI=1S/C48H32B3N/c1-25-11-5-12-26(2)41(25)49-35-21-10-22-36-46(35)52-47-37(49)23-29-15-7-17-31-33-19-9-20-34-32-18-8-16-30-24-38(50(36)42-27(3)13-6-14-28(42)4)48(52)45(40(30)32)51(43(33)34)44(47)39(29)31/h5-24H,1-4H3. The van der Waals surface area contributed by atoms with Gasteiger partial charge >= 0.3 is 0 Å². The van der Waals surface area contributed by atoms with Crippen LogP contribution >= 0.6 is 0 Å². The zero-order valence-corrected chi connectivity index (χ0v) is 29.7. The Morgan fingerprint density at radius 3 is 1.23 bits per heavy atom. The molecule has 8 aromatic rings. The van der Waals surface area contributed by atoms with E-state index in [0.717, 1.165) is 0 Å². The molecule has 0 fully saturated rings. The summed E-state index contributed by atoms with van der Waals surface area (Å²) in [4.78, 5) is 2.79. The van der Waals surface area contributed by atoms with E-state index in [-0.39, 0.29) is 20.1 Å². The van der Waals surface area contributed by atoms with Gasteiger partial charge in [-0.25, -0.2) is 0 Å². The number of hydrogen-bond acceptors (Lipinski definition) is 1. The van der Waals surface area contributed by atoms with Gasteiger partial charge in [-0.15, -0.1) is 0 Å². The van der Waals surface area contributed by atoms with Gasteiger partial charge < -0.3 is 4.90 Å². The predicted octanol–water partition coefficient (Wildman–Crippen LogP) is 5.15. The van der Waals surface area contributed by atoms with Crippen molar-refractivity contribution in [2.45, 2.75) is 27.7 Å². The van der Waals surface area contributed by atoms with Crippen LogP contribution in [0.25, 0.3) is 43.8 Å². The molecule has 0 aromatic heterocycles. The van der Waals surface area contributed by atoms with Crippen LogP contribution in [-0.2, 0) is 0 Å². The van der Waals surface area contributed by atoms with Crippen molar-refractivity contribution in [3.8, 4) is 22.3 Å². The van der Waals surface area contributed by atoms with E-state index in [2.05, 4.69) is 154 Å². The summed E-state index contributed by atoms with van der Waals surface area (Å²) in [6.07, 6.45) is 0. The lowest BCUT2D eigenvalue weighted by Crippen LogP contribution is -2.72. The number of rotatable bonds is 2. The highest BCUT2D eigenvalue weighted by Crippen LogP contribution is 2.48. The average molecular weight is 655 g/mol. The minimum Gasteiger partial charge on any atom is -0.314 e. The second-order valence-corrected chi connectivity index (χ2v) is 16.1. The minimum absolute atomic E-state index is 0.129. The van der Waals surface area contributed by atoms with Crippen LogP contribution in [0.15, 0.2) is 121 Å². The molecule has 0 aliphatic carbocycles. The number of aryl methyl sites for hydroxylation is 4. The Labute approximate surface area is 305 Å². The second-order valence-electron chi connectivity index (χ2n) is 16.1. The van der Waals surface area contributed by atoms with E-state index in [1.807, 2.05) is 0 Å². The van der Waals surface area contributed by atoms with E-state index in [0.29, 0.717) is 0 Å². The zero-order valence-electron chi connectivity index (χ0n) is 29.7. The molecule has 0 bridgehead atoms. The minimum atomic E-state index is 0.129. The quantitative estimate of drug-likeness (QED) is 0.233. The second kappa shape index (κ2) is 9.19. The molecule has 0 amide bonds. The number of hydrogen-bond donors (Lipinski definition) is 0. The molecule has 4 heteroatoms. The highest BCUT2D eigenvalue weighted by molar-refractivity contribution is 7.09. The first kappa shape index (κ1) is 27.9. The maximum Gasteiger partial charge on any atom is 0.249 e. The monoisotopic (exact) mass is 655 g/mol. The topological polar surface area (TPSA) is 3.24 Å². The van der Waals surface area contributed by atoms with E-state index >= 15 is 0 Å². The number of anilines is 3. The van der Waals surface area contributed by atoms with Crippen molar-refractivity contribution in [2.24, 2.45) is 0 Å². The van der Waals surface area contributed by atoms with Crippen molar-refractivity contribution in [2.75, 3.05) is 4.90 Å². The Balaban J connectivity index is 1.31. The van der Waals surface area contributed by atoms with Crippen molar-refractivity contribution in [1.29, 1.82) is 0 Å². The molecule has 238 valence electrons. The van der Waals surface area contributed by atoms with Gasteiger partial charge in [0.05, 0.1) is 0 Å². The third-order valence-corrected chi connectivity index (χ3v) is 13.6. The first-order valence-electron chi connectivity index (χ1n) is 18.9. The van der Waals surface area contributed by atoms with Gasteiger partial charge in [0.15, 0.2) is 0 Å². The SMILES string of the molecule is Cc1cccc(C)c1B1c2cccc3c2N2c4c1cc1cccc5c1c4B1c4c-5cccc4-c4cccc5cc(c2c1c45)B3c1c(C)cccc1C. The van der Waals surface area contributed by atoms with Crippen molar-refractivity contribution in [3.63, 3.8) is 0 Å². The summed E-state index contributed by atoms with van der Waals surface area (Å²) in [6, 6.07) is 47.4. The van der Waals surface area contributed by atoms with Crippen molar-refractivity contribution in [3.05, 3.63) is 144 Å². The highest BCUT2D eigenvalue weighted by atomic mass is 15.2. The lowest BCUT2D eigenvalue weighted by Gasteiger charge is -2.52. The molecule has 0 radical (unpaired) electrons. The van der Waals surface area contributed by atoms with Gasteiger partial charge in [-0.2, -0.15) is 0 Å². The third kappa shape index (κ3) is 3.00. The molecular weight excluding hydrogens is 623 g/mol. The van der Waals surface area contributed by atoms with Crippen LogP contribution in [0.3, 0.4) is 0 Å². The molecule has 0 spiro atoms. The molecule has 5 aliphatic rings. The molecule has 5 aliphatic heterocycles. The summed E-state index contributed by atoms with van der Waals surface area (Å²) in [6.45, 7) is 9.72. The number of nitrogens with zero attached hydrogens (tertiary/aromatic N) is 1. The van der Waals surface area contributed by atoms with Gasteiger partial charge in [0, 0.05) is 17.1 Å². The largest absolute Gasteiger partial charge is 0.314 e. The molecule has 52 heavy (non-hydrogen) atoms. The van der Waals surface area contributed by atoms with Crippen LogP contribution < -0.4 is 54.1 Å². The third-order valence-electron chi connectivity index (χ3n) is 13.6. The van der Waals surface area contributed by atoms with Crippen LogP contribution in [-0.4, -0.2) is 20.1 Å². The van der Waals surface area contributed by atoms with Gasteiger partial charge in [-0.1, -0.05) is 160 Å². The van der Waals surface area contributed by atoms with Crippen LogP contribution in [0.2, 0.25) is 0 Å². The number of fused-ring (bicyclic) bond motifs is 2. The van der Waals surface area contributed by atoms with E-state index in [4.69, 9.17) is 0 Å². The summed E-state index contributed by atoms with van der Waals surface area (Å²) >= 11 is 0. The average Bonchev–Trinajstić information content (AvgIpc) is 3.15. The van der Waals surface area contributed by atoms with E-state index < -0.39 is 0 Å². The fourth-order valence-corrected chi connectivity index (χ4v) is 11.9. The Bertz CT molecular complexity index is 2810. The molecule has 0 atom stereocenters. The summed E-state index contributed by atoms with van der Waals surface area (Å²) in [5.41, 5.74) is 28.5. The number of para-hydroxylation sites is 1. The molecule has 0 saturated heterocycles. The van der Waals surface area contributed by atoms with Crippen molar-refractivity contribution >= 4 is 108 Å². The van der Waals surface area contributed by atoms with Gasteiger partial charge in [0.25, 0.3) is 0 Å². The first-order chi connectivity index (χ1) is 25.5. The van der Waals surface area contributed by atoms with Gasteiger partial charge in [-0.3, -0.25) is 0 Å². The maximum absolute atomic E-state index is 2.79. The number of benzene rings is 8. The smallest absolute Gasteiger partial charge is 0.249 e. The summed E-state index contributed by atoms with van der Waals surface area (Å²) in [5.74, 6) is 0. The predicted molar refractivity (Wildman–Crippen MR) is 226 cm³/mol. The van der Waals surface area contributed by atoms with Crippen molar-refractivity contribution < 1.29 is 0 Å². The van der Waals surface area contributed by atoms with Gasteiger partial charge in [-0.05, 0) is 104 Å². The van der Waals surface area contributed by atoms with Crippen LogP contribution in [0, 0.1) is 27.7 Å². The Morgan fingerprint density at radius 1 is 0.346 bits per heavy atom. The van der Waals surface area contributed by atoms with Crippen LogP contribution in [0.5, 0.6) is 0 Å². The lowest BCUT2D eigenvalue weighted by molar-refractivity contribution is 1.31. The van der Waals surface area contributed by atoms with E-state index in [9.17, 15) is 0 Å². The van der Waals surface area contributed by atoms with Gasteiger partial charge in [0.2, 0.25) is 20.1 Å². The Kier molecular flexibility index (Phi) is 4.94. The summed E-state index contributed by atoms with van der Waals surface area (Å²) in [5, 5.41) is 5.60. The Hall–Kier alpha value is -5.73. The van der Waals surface area contributed by atoms with E-state index in [1.54, 1.807) is 0 Å². The fourth-order valence-electron chi connectivity index (χ4n) is 11.9. The molecule has 13 rings (SSSR count). The molecule has 5 heterocycles. The molecule has 0 saturated carbocycles. The lowest BCUT2D eigenvalue weighted by atomic mass is 9.24. The molecule has 0 N–H and O–H groups in total. The van der Waals surface area contributed by atoms with Crippen molar-refractivity contribution in [1.82, 2.24) is 0 Å². The first-order valence-corrected chi connectivity index (χ1v) is 18.9. The van der Waals surface area contributed by atoms with E-state index in [1.165, 1.54) is 132 Å². The summed E-state index contributed by atoms with van der Waals surface area (Å²) in [7, 11) is 0. The van der Waals surface area contributed by atoms with Crippen LogP contribution in [0.4, 0.5) is 17.1 Å². The fraction of sp³-hybridized carbons (Fsp3) is 0.0833. The molecular formula is C48H32B3N. The Morgan fingerprint density at radius 2 is 0.750 bits per heavy atom. The molecule has 8 aromatic carbocycles. The highest BCUT2D eigenvalue weighted by Gasteiger charge is 2.53.